The number of H-pyrrole nitrogens is 1. The molecule has 0 saturated heterocycles. The zero-order chi connectivity index (χ0) is 31.8. The van der Waals surface area contributed by atoms with Crippen LogP contribution in [0.15, 0.2) is 69.8 Å². The van der Waals surface area contributed by atoms with E-state index in [2.05, 4.69) is 45.9 Å². The number of aromatic amines is 1. The van der Waals surface area contributed by atoms with Gasteiger partial charge in [0.2, 0.25) is 17.7 Å². The molecule has 234 valence electrons. The van der Waals surface area contributed by atoms with Gasteiger partial charge >= 0.3 is 0 Å². The molecular formula is C36H30N6O5. The molecule has 0 fully saturated rings. The van der Waals surface area contributed by atoms with Crippen LogP contribution >= 0.6 is 0 Å². The van der Waals surface area contributed by atoms with E-state index < -0.39 is 23.7 Å². The van der Waals surface area contributed by atoms with Crippen molar-refractivity contribution in [3.8, 4) is 45.5 Å². The number of carbonyl (C=O) groups is 1. The fraction of sp³-hybridized carbons (Fsp3) is 0.250. The summed E-state index contributed by atoms with van der Waals surface area (Å²) < 4.78 is 26.1. The first-order chi connectivity index (χ1) is 22.9. The highest BCUT2D eigenvalue weighted by molar-refractivity contribution is 6.09. The molecule has 3 aromatic carbocycles. The fourth-order valence-electron chi connectivity index (χ4n) is 7.97. The lowest BCUT2D eigenvalue weighted by molar-refractivity contribution is -0.123. The van der Waals surface area contributed by atoms with Crippen molar-refractivity contribution in [3.63, 3.8) is 0 Å². The third-order valence-electron chi connectivity index (χ3n) is 10.2. The van der Waals surface area contributed by atoms with Gasteiger partial charge in [-0.3, -0.25) is 4.79 Å². The molecule has 1 amide bonds. The van der Waals surface area contributed by atoms with Crippen LogP contribution in [0.2, 0.25) is 0 Å². The number of nitrogens with one attached hydrogen (secondary N) is 3. The quantitative estimate of drug-likeness (QED) is 0.191. The summed E-state index contributed by atoms with van der Waals surface area (Å²) in [4.78, 5) is 26.7. The smallest absolute Gasteiger partial charge is 0.249 e. The first-order valence-electron chi connectivity index (χ1n) is 15.8. The minimum Gasteiger partial charge on any atom is -0.495 e. The topological polar surface area (TPSA) is 153 Å². The molecule has 10 rings (SSSR count). The Morgan fingerprint density at radius 3 is 2.79 bits per heavy atom. The molecular weight excluding hydrogens is 596 g/mol. The first kappa shape index (κ1) is 26.6. The maximum Gasteiger partial charge on any atom is 0.249 e. The summed E-state index contributed by atoms with van der Waals surface area (Å²) in [6.07, 6.45) is 3.40. The maximum absolute atomic E-state index is 13.4. The van der Waals surface area contributed by atoms with Crippen molar-refractivity contribution < 1.29 is 23.1 Å². The monoisotopic (exact) mass is 626 g/mol. The van der Waals surface area contributed by atoms with Crippen LogP contribution in [0, 0.1) is 5.92 Å². The van der Waals surface area contributed by atoms with E-state index in [0.717, 1.165) is 55.7 Å². The Bertz CT molecular complexity index is 2320. The standard InChI is InChI=1S/C36H30N6O5/c1-15(2)27-34-41-30-31(47-34)36-20-6-4-5-18(17-8-10-24(44-3)29-26(17)19(13-38-29)25-14-39-33(30)45-25)28(20)42-35(36)46-23-9-7-16(11-21(23)36)12-22(37)32(43)40-27/h4-11,13-15,22,27,35,38,42H,12,37H2,1-3H3,(H,40,43)/t22-,27-,35?,36-/m0/s1. The van der Waals surface area contributed by atoms with E-state index in [1.165, 1.54) is 0 Å². The minimum atomic E-state index is -0.980. The second-order valence-electron chi connectivity index (χ2n) is 13.1. The summed E-state index contributed by atoms with van der Waals surface area (Å²) in [5.41, 5.74) is 13.3. The molecule has 1 unspecified atom stereocenters. The molecule has 11 nitrogen and oxygen atoms in total. The number of nitrogens with two attached hydrogens (primary N) is 1. The predicted molar refractivity (Wildman–Crippen MR) is 173 cm³/mol. The number of hydrogen-bond acceptors (Lipinski definition) is 9. The third-order valence-corrected chi connectivity index (χ3v) is 10.2. The van der Waals surface area contributed by atoms with Gasteiger partial charge in [0.25, 0.3) is 0 Å². The van der Waals surface area contributed by atoms with Crippen molar-refractivity contribution in [1.29, 1.82) is 0 Å². The summed E-state index contributed by atoms with van der Waals surface area (Å²) in [5, 5.41) is 7.84. The molecule has 47 heavy (non-hydrogen) atoms. The molecule has 0 aliphatic carbocycles. The van der Waals surface area contributed by atoms with Crippen molar-refractivity contribution in [1.82, 2.24) is 20.3 Å². The summed E-state index contributed by atoms with van der Waals surface area (Å²) in [6, 6.07) is 15.0. The van der Waals surface area contributed by atoms with Gasteiger partial charge in [-0.05, 0) is 41.7 Å². The van der Waals surface area contributed by atoms with Crippen LogP contribution in [0.25, 0.3) is 44.9 Å². The molecule has 4 aliphatic heterocycles. The number of aromatic nitrogens is 3. The second-order valence-corrected chi connectivity index (χ2v) is 13.1. The Labute approximate surface area is 268 Å². The van der Waals surface area contributed by atoms with Crippen LogP contribution in [-0.4, -0.2) is 40.2 Å². The van der Waals surface area contributed by atoms with Crippen molar-refractivity contribution in [3.05, 3.63) is 89.3 Å². The Hall–Kier alpha value is -5.55. The van der Waals surface area contributed by atoms with Gasteiger partial charge in [-0.2, -0.15) is 0 Å². The number of hydrogen-bond donors (Lipinski definition) is 4. The zero-order valence-electron chi connectivity index (χ0n) is 25.8. The van der Waals surface area contributed by atoms with Crippen molar-refractivity contribution >= 4 is 22.5 Å². The highest BCUT2D eigenvalue weighted by atomic mass is 16.5. The Kier molecular flexibility index (Phi) is 5.13. The number of rotatable bonds is 2. The van der Waals surface area contributed by atoms with Crippen molar-refractivity contribution in [2.75, 3.05) is 12.4 Å². The van der Waals surface area contributed by atoms with Crippen LogP contribution in [0.4, 0.5) is 5.69 Å². The van der Waals surface area contributed by atoms with E-state index in [-0.39, 0.29) is 11.8 Å². The van der Waals surface area contributed by atoms with E-state index in [0.29, 0.717) is 41.2 Å². The van der Waals surface area contributed by atoms with E-state index in [1.54, 1.807) is 13.3 Å². The number of fused-ring (bicyclic) bond motifs is 7. The van der Waals surface area contributed by atoms with Gasteiger partial charge in [-0.25, -0.2) is 9.97 Å². The summed E-state index contributed by atoms with van der Waals surface area (Å²) >= 11 is 0. The lowest BCUT2D eigenvalue weighted by Crippen LogP contribution is -2.45. The number of anilines is 1. The van der Waals surface area contributed by atoms with Gasteiger partial charge in [0, 0.05) is 39.5 Å². The molecule has 3 aromatic heterocycles. The molecule has 0 saturated carbocycles. The van der Waals surface area contributed by atoms with E-state index >= 15 is 0 Å². The van der Waals surface area contributed by atoms with Gasteiger partial charge in [0.05, 0.1) is 24.9 Å². The van der Waals surface area contributed by atoms with Crippen LogP contribution < -0.4 is 25.8 Å². The lowest BCUT2D eigenvalue weighted by atomic mass is 9.72. The zero-order valence-corrected chi connectivity index (χ0v) is 25.8. The number of methoxy groups -OCH3 is 1. The Morgan fingerprint density at radius 1 is 1.04 bits per heavy atom. The maximum atomic E-state index is 13.4. The van der Waals surface area contributed by atoms with Crippen molar-refractivity contribution in [2.45, 2.75) is 44.0 Å². The summed E-state index contributed by atoms with van der Waals surface area (Å²) in [5.74, 6) is 2.83. The van der Waals surface area contributed by atoms with E-state index in [1.807, 2.05) is 38.2 Å². The number of benzene rings is 3. The predicted octanol–water partition coefficient (Wildman–Crippen LogP) is 5.64. The molecule has 1 spiro atoms. The fourth-order valence-corrected chi connectivity index (χ4v) is 7.97. The summed E-state index contributed by atoms with van der Waals surface area (Å²) in [6.45, 7) is 4.03. The molecule has 5 N–H and O–H groups in total. The lowest BCUT2D eigenvalue weighted by Gasteiger charge is -2.28. The number of ether oxygens (including phenoxy) is 2. The van der Waals surface area contributed by atoms with Crippen LogP contribution in [0.5, 0.6) is 11.5 Å². The minimum absolute atomic E-state index is 0.0598. The molecule has 11 heteroatoms. The summed E-state index contributed by atoms with van der Waals surface area (Å²) in [7, 11) is 1.66. The third kappa shape index (κ3) is 3.31. The van der Waals surface area contributed by atoms with Crippen molar-refractivity contribution in [2.24, 2.45) is 11.7 Å². The number of oxazole rings is 2. The molecule has 6 aromatic rings. The Balaban J connectivity index is 1.38. The van der Waals surface area contributed by atoms with Gasteiger partial charge < -0.3 is 39.7 Å². The Morgan fingerprint density at radius 2 is 1.94 bits per heavy atom. The highest BCUT2D eigenvalue weighted by Crippen LogP contribution is 2.61. The average Bonchev–Trinajstić information content (AvgIpc) is 3.88. The number of amides is 1. The second kappa shape index (κ2) is 9.04. The van der Waals surface area contributed by atoms with Gasteiger partial charge in [0.1, 0.15) is 23.0 Å². The largest absolute Gasteiger partial charge is 0.495 e. The first-order valence-corrected chi connectivity index (χ1v) is 15.8. The molecule has 7 heterocycles. The molecule has 4 aliphatic rings. The molecule has 4 atom stereocenters. The van der Waals surface area contributed by atoms with Gasteiger partial charge in [-0.15, -0.1) is 0 Å². The molecule has 10 bridgehead atoms. The van der Waals surface area contributed by atoms with E-state index in [9.17, 15) is 4.79 Å². The van der Waals surface area contributed by atoms with Crippen LogP contribution in [0.3, 0.4) is 0 Å². The van der Waals surface area contributed by atoms with Crippen LogP contribution in [-0.2, 0) is 16.6 Å². The van der Waals surface area contributed by atoms with E-state index in [4.69, 9.17) is 34.0 Å². The van der Waals surface area contributed by atoms with Gasteiger partial charge in [0.15, 0.2) is 23.4 Å². The highest BCUT2D eigenvalue weighted by Gasteiger charge is 2.61. The number of carbonyl (C=O) groups excluding carboxylic acids is 1. The molecule has 0 radical (unpaired) electrons. The SMILES string of the molecule is COc1ccc2c3c(c[nH]c13)-c1cnc(o1)-c1nc3oc1[C@]14c5cc(ccc5OC1Nc1c-2cccc14)C[C@H](N)C(=O)N[C@H]3C(C)C. The number of para-hydroxylation sites is 1. The van der Waals surface area contributed by atoms with Crippen LogP contribution in [0.1, 0.15) is 48.2 Å². The average molecular weight is 627 g/mol. The number of nitrogens with zero attached hydrogens (tertiary/aromatic N) is 2. The van der Waals surface area contributed by atoms with Gasteiger partial charge in [-0.1, -0.05) is 44.2 Å². The normalized spacial score (nSPS) is 23.0.